The van der Waals surface area contributed by atoms with E-state index < -0.39 is 0 Å². The Bertz CT molecular complexity index is 1290. The summed E-state index contributed by atoms with van der Waals surface area (Å²) in [4.78, 5) is 19.3. The molecule has 5 rings (SSSR count). The second kappa shape index (κ2) is 10.7. The zero-order chi connectivity index (χ0) is 24.9. The fraction of sp³-hybridized carbons (Fsp3) is 0.267. The van der Waals surface area contributed by atoms with Gasteiger partial charge >= 0.3 is 6.09 Å². The fourth-order valence-electron chi connectivity index (χ4n) is 4.48. The van der Waals surface area contributed by atoms with Crippen LogP contribution in [0.25, 0.3) is 22.6 Å². The van der Waals surface area contributed by atoms with Crippen LogP contribution < -0.4 is 4.74 Å². The van der Waals surface area contributed by atoms with E-state index in [0.717, 1.165) is 46.7 Å². The number of hydrogen-bond donors (Lipinski definition) is 0. The third-order valence-corrected chi connectivity index (χ3v) is 6.63. The van der Waals surface area contributed by atoms with E-state index in [4.69, 9.17) is 18.9 Å². The smallest absolute Gasteiger partial charge is 0.410 e. The summed E-state index contributed by atoms with van der Waals surface area (Å²) < 4.78 is 17.2. The van der Waals surface area contributed by atoms with Crippen molar-refractivity contribution in [2.45, 2.75) is 32.3 Å². The average molecular weight is 483 g/mol. The highest BCUT2D eigenvalue weighted by Crippen LogP contribution is 2.38. The average Bonchev–Trinajstić information content (AvgIpc) is 3.38. The number of likely N-dealkylation sites (tertiary alicyclic amines) is 1. The number of methoxy groups -OCH3 is 1. The van der Waals surface area contributed by atoms with Crippen molar-refractivity contribution in [3.8, 4) is 28.3 Å². The van der Waals surface area contributed by atoms with Crippen molar-refractivity contribution in [2.75, 3.05) is 20.2 Å². The molecule has 184 valence electrons. The number of hydrogen-bond acceptors (Lipinski definition) is 5. The van der Waals surface area contributed by atoms with Crippen molar-refractivity contribution in [1.82, 2.24) is 9.88 Å². The molecule has 1 aliphatic rings. The van der Waals surface area contributed by atoms with E-state index in [1.54, 1.807) is 12.0 Å². The lowest BCUT2D eigenvalue weighted by Gasteiger charge is -2.29. The van der Waals surface area contributed by atoms with E-state index in [1.807, 2.05) is 54.6 Å². The maximum Gasteiger partial charge on any atom is 0.410 e. The topological polar surface area (TPSA) is 64.8 Å². The molecule has 6 nitrogen and oxygen atoms in total. The van der Waals surface area contributed by atoms with Crippen LogP contribution in [0.4, 0.5) is 4.79 Å². The Kier molecular flexibility index (Phi) is 7.03. The van der Waals surface area contributed by atoms with Crippen molar-refractivity contribution in [3.05, 3.63) is 95.9 Å². The molecule has 2 heterocycles. The molecule has 1 saturated heterocycles. The van der Waals surface area contributed by atoms with Crippen LogP contribution in [0.2, 0.25) is 0 Å². The lowest BCUT2D eigenvalue weighted by Crippen LogP contribution is -2.38. The number of amides is 1. The van der Waals surface area contributed by atoms with Crippen LogP contribution in [0.3, 0.4) is 0 Å². The van der Waals surface area contributed by atoms with Crippen LogP contribution in [0.5, 0.6) is 5.75 Å². The highest BCUT2D eigenvalue weighted by atomic mass is 16.6. The molecule has 3 aromatic carbocycles. The molecule has 1 aliphatic heterocycles. The van der Waals surface area contributed by atoms with Crippen molar-refractivity contribution >= 4 is 6.09 Å². The number of ether oxygens (including phenoxy) is 2. The number of nitrogens with zero attached hydrogens (tertiary/aromatic N) is 2. The molecule has 0 unspecified atom stereocenters. The van der Waals surface area contributed by atoms with E-state index in [-0.39, 0.29) is 18.6 Å². The van der Waals surface area contributed by atoms with Gasteiger partial charge in [-0.15, -0.1) is 0 Å². The summed E-state index contributed by atoms with van der Waals surface area (Å²) in [5.41, 5.74) is 4.96. The largest absolute Gasteiger partial charge is 0.497 e. The van der Waals surface area contributed by atoms with Gasteiger partial charge in [-0.1, -0.05) is 60.2 Å². The third kappa shape index (κ3) is 5.28. The van der Waals surface area contributed by atoms with Gasteiger partial charge in [0.1, 0.15) is 18.1 Å². The number of oxazole rings is 1. The first-order chi connectivity index (χ1) is 17.6. The lowest BCUT2D eigenvalue weighted by molar-refractivity contribution is 0.0856. The molecule has 0 radical (unpaired) electrons. The second-order valence-corrected chi connectivity index (χ2v) is 9.13. The van der Waals surface area contributed by atoms with Gasteiger partial charge in [0, 0.05) is 30.1 Å². The highest BCUT2D eigenvalue weighted by Gasteiger charge is 2.29. The molecule has 0 saturated carbocycles. The zero-order valence-corrected chi connectivity index (χ0v) is 20.6. The normalized spacial score (nSPS) is 14.0. The molecule has 0 bridgehead atoms. The van der Waals surface area contributed by atoms with Gasteiger partial charge < -0.3 is 18.8 Å². The second-order valence-electron chi connectivity index (χ2n) is 9.13. The van der Waals surface area contributed by atoms with Crippen molar-refractivity contribution in [1.29, 1.82) is 0 Å². The van der Waals surface area contributed by atoms with Crippen LogP contribution in [0.1, 0.15) is 35.8 Å². The molecule has 1 aromatic heterocycles. The van der Waals surface area contributed by atoms with Gasteiger partial charge in [0.2, 0.25) is 0 Å². The van der Waals surface area contributed by atoms with Crippen LogP contribution >= 0.6 is 0 Å². The number of aryl methyl sites for hydroxylation is 1. The summed E-state index contributed by atoms with van der Waals surface area (Å²) in [6.45, 7) is 3.57. The highest BCUT2D eigenvalue weighted by molar-refractivity contribution is 5.77. The Balaban J connectivity index is 1.31. The standard InChI is InChI=1S/C30H30N2O4/c1-21-8-10-24(11-9-21)28-27(23-12-14-26(34-2)15-13-23)31-29(36-28)25-16-18-32(19-17-25)30(33)35-20-22-6-4-3-5-7-22/h3-15,25H,16-20H2,1-2H3. The van der Waals surface area contributed by atoms with Crippen molar-refractivity contribution < 1.29 is 18.7 Å². The summed E-state index contributed by atoms with van der Waals surface area (Å²) in [5.74, 6) is 2.42. The predicted octanol–water partition coefficient (Wildman–Crippen LogP) is 6.84. The van der Waals surface area contributed by atoms with E-state index in [2.05, 4.69) is 31.2 Å². The van der Waals surface area contributed by atoms with Crippen LogP contribution in [-0.2, 0) is 11.3 Å². The molecule has 0 atom stereocenters. The Morgan fingerprint density at radius 3 is 2.28 bits per heavy atom. The number of piperidine rings is 1. The van der Waals surface area contributed by atoms with Crippen LogP contribution in [0.15, 0.2) is 83.3 Å². The van der Waals surface area contributed by atoms with E-state index >= 15 is 0 Å². The van der Waals surface area contributed by atoms with E-state index in [0.29, 0.717) is 19.0 Å². The number of aromatic nitrogens is 1. The van der Waals surface area contributed by atoms with Crippen LogP contribution in [-0.4, -0.2) is 36.2 Å². The van der Waals surface area contributed by atoms with E-state index in [1.165, 1.54) is 5.56 Å². The molecular formula is C30H30N2O4. The fourth-order valence-corrected chi connectivity index (χ4v) is 4.48. The van der Waals surface area contributed by atoms with Gasteiger partial charge in [-0.3, -0.25) is 0 Å². The van der Waals surface area contributed by atoms with E-state index in [9.17, 15) is 4.79 Å². The Morgan fingerprint density at radius 1 is 0.944 bits per heavy atom. The number of benzene rings is 3. The lowest BCUT2D eigenvalue weighted by atomic mass is 9.97. The maximum absolute atomic E-state index is 12.6. The summed E-state index contributed by atoms with van der Waals surface area (Å²) >= 11 is 0. The molecule has 36 heavy (non-hydrogen) atoms. The number of carbonyl (C=O) groups is 1. The maximum atomic E-state index is 12.6. The van der Waals surface area contributed by atoms with Gasteiger partial charge in [0.15, 0.2) is 11.7 Å². The Hall–Kier alpha value is -4.06. The van der Waals surface area contributed by atoms with Gasteiger partial charge in [-0.05, 0) is 49.6 Å². The molecule has 6 heteroatoms. The minimum Gasteiger partial charge on any atom is -0.497 e. The van der Waals surface area contributed by atoms with Crippen LogP contribution in [0, 0.1) is 6.92 Å². The van der Waals surface area contributed by atoms with Gasteiger partial charge in [0.05, 0.1) is 7.11 Å². The minimum absolute atomic E-state index is 0.138. The zero-order valence-electron chi connectivity index (χ0n) is 20.6. The van der Waals surface area contributed by atoms with Crippen molar-refractivity contribution in [3.63, 3.8) is 0 Å². The minimum atomic E-state index is -0.274. The SMILES string of the molecule is COc1ccc(-c2nc(C3CCN(C(=O)OCc4ccccc4)CC3)oc2-c2ccc(C)cc2)cc1. The molecule has 1 amide bonds. The van der Waals surface area contributed by atoms with Gasteiger partial charge in [-0.2, -0.15) is 0 Å². The first-order valence-corrected chi connectivity index (χ1v) is 12.3. The molecule has 4 aromatic rings. The quantitative estimate of drug-likeness (QED) is 0.301. The van der Waals surface area contributed by atoms with Gasteiger partial charge in [0.25, 0.3) is 0 Å². The predicted molar refractivity (Wildman–Crippen MR) is 139 cm³/mol. The number of rotatable bonds is 6. The molecule has 0 N–H and O–H groups in total. The summed E-state index contributed by atoms with van der Waals surface area (Å²) in [6, 6.07) is 25.9. The first-order valence-electron chi connectivity index (χ1n) is 12.3. The Morgan fingerprint density at radius 2 is 1.61 bits per heavy atom. The monoisotopic (exact) mass is 482 g/mol. The molecular weight excluding hydrogens is 452 g/mol. The molecule has 0 aliphatic carbocycles. The number of carbonyl (C=O) groups excluding carboxylic acids is 1. The summed E-state index contributed by atoms with van der Waals surface area (Å²) in [5, 5.41) is 0. The summed E-state index contributed by atoms with van der Waals surface area (Å²) in [6.07, 6.45) is 1.27. The first kappa shape index (κ1) is 23.7. The van der Waals surface area contributed by atoms with Crippen molar-refractivity contribution in [2.24, 2.45) is 0 Å². The Labute approximate surface area is 211 Å². The summed E-state index contributed by atoms with van der Waals surface area (Å²) in [7, 11) is 1.66. The third-order valence-electron chi connectivity index (χ3n) is 6.63. The molecule has 1 fully saturated rings. The molecule has 0 spiro atoms. The van der Waals surface area contributed by atoms with Gasteiger partial charge in [-0.25, -0.2) is 9.78 Å².